The Morgan fingerprint density at radius 1 is 0.352 bits per heavy atom. The molecule has 71 heavy (non-hydrogen) atoms. The van der Waals surface area contributed by atoms with Crippen LogP contribution in [0.4, 0.5) is 0 Å². The van der Waals surface area contributed by atoms with Crippen molar-refractivity contribution in [3.8, 4) is 0 Å². The quantitative estimate of drug-likeness (QED) is 0.0392. The molecule has 0 aromatic carbocycles. The minimum atomic E-state index is -1.31. The number of carboxylic acid groups (broad SMARTS) is 4. The van der Waals surface area contributed by atoms with Crippen molar-refractivity contribution in [2.24, 2.45) is 5.73 Å². The van der Waals surface area contributed by atoms with Crippen LogP contribution < -0.4 is 32.3 Å². The highest BCUT2D eigenvalue weighted by Crippen LogP contribution is 2.15. The van der Waals surface area contributed by atoms with E-state index in [4.69, 9.17) is 34.9 Å². The lowest BCUT2D eigenvalue weighted by Gasteiger charge is -2.15. The predicted octanol–water partition coefficient (Wildman–Crippen LogP) is 2.79. The maximum Gasteiger partial charge on any atom is 0.326 e. The molecule has 0 fully saturated rings. The summed E-state index contributed by atoms with van der Waals surface area (Å²) in [6, 6.07) is -3.44. The van der Waals surface area contributed by atoms with E-state index in [0.29, 0.717) is 19.3 Å². The highest BCUT2D eigenvalue weighted by Gasteiger charge is 2.22. The first-order valence-corrected chi connectivity index (χ1v) is 25.5. The summed E-state index contributed by atoms with van der Waals surface area (Å²) >= 11 is 0. The van der Waals surface area contributed by atoms with Gasteiger partial charge in [0.2, 0.25) is 29.5 Å². The van der Waals surface area contributed by atoms with Crippen LogP contribution in [0.3, 0.4) is 0 Å². The summed E-state index contributed by atoms with van der Waals surface area (Å²) in [5, 5.41) is 49.0. The molecule has 0 saturated heterocycles. The Hall–Kier alpha value is -4.97. The van der Waals surface area contributed by atoms with Gasteiger partial charge in [-0.05, 0) is 44.9 Å². The van der Waals surface area contributed by atoms with Gasteiger partial charge in [-0.15, -0.1) is 0 Å². The van der Waals surface area contributed by atoms with Crippen molar-refractivity contribution in [3.63, 3.8) is 0 Å². The Labute approximate surface area is 418 Å². The van der Waals surface area contributed by atoms with E-state index in [1.165, 1.54) is 57.8 Å². The molecule has 0 aromatic heterocycles. The van der Waals surface area contributed by atoms with Crippen LogP contribution in [0.25, 0.3) is 0 Å². The number of nitrogens with two attached hydrogens (primary N) is 1. The third kappa shape index (κ3) is 44.7. The smallest absolute Gasteiger partial charge is 0.326 e. The normalized spacial score (nSPS) is 12.3. The van der Waals surface area contributed by atoms with Crippen LogP contribution in [-0.4, -0.2) is 164 Å². The van der Waals surface area contributed by atoms with E-state index in [9.17, 15) is 53.4 Å². The molecule has 0 aliphatic carbocycles. The van der Waals surface area contributed by atoms with Crippen molar-refractivity contribution < 1.29 is 82.5 Å². The molecule has 0 spiro atoms. The van der Waals surface area contributed by atoms with Gasteiger partial charge in [0.25, 0.3) is 0 Å². The summed E-state index contributed by atoms with van der Waals surface area (Å²) in [5.74, 6) is -6.54. The molecule has 410 valence electrons. The van der Waals surface area contributed by atoms with Crippen molar-refractivity contribution in [1.29, 1.82) is 0 Å². The third-order valence-corrected chi connectivity index (χ3v) is 11.1. The molecule has 0 unspecified atom stereocenters. The molecule has 3 atom stereocenters. The molecule has 0 bridgehead atoms. The summed E-state index contributed by atoms with van der Waals surface area (Å²) < 4.78 is 21.2. The lowest BCUT2D eigenvalue weighted by atomic mass is 10.0. The zero-order valence-corrected chi connectivity index (χ0v) is 41.9. The fourth-order valence-electron chi connectivity index (χ4n) is 6.97. The Morgan fingerprint density at radius 3 is 1.17 bits per heavy atom. The van der Waals surface area contributed by atoms with E-state index >= 15 is 0 Å². The zero-order chi connectivity index (χ0) is 52.7. The first kappa shape index (κ1) is 66.0. The van der Waals surface area contributed by atoms with Crippen LogP contribution in [-0.2, 0) is 62.1 Å². The molecular formula is C48H86N6O17. The average molecular weight is 1020 g/mol. The van der Waals surface area contributed by atoms with Crippen molar-refractivity contribution in [1.82, 2.24) is 26.6 Å². The molecule has 0 aliphatic heterocycles. The van der Waals surface area contributed by atoms with Gasteiger partial charge in [0.1, 0.15) is 31.3 Å². The first-order chi connectivity index (χ1) is 34.1. The fourth-order valence-corrected chi connectivity index (χ4v) is 6.97. The van der Waals surface area contributed by atoms with Gasteiger partial charge in [0, 0.05) is 45.3 Å². The van der Waals surface area contributed by atoms with Crippen LogP contribution in [0, 0.1) is 0 Å². The van der Waals surface area contributed by atoms with Crippen molar-refractivity contribution in [3.05, 3.63) is 0 Å². The minimum Gasteiger partial charge on any atom is -0.481 e. The molecule has 0 radical (unpaired) electrons. The Balaban J connectivity index is 3.77. The number of carboxylic acids is 4. The highest BCUT2D eigenvalue weighted by atomic mass is 16.5. The monoisotopic (exact) mass is 1020 g/mol. The first-order valence-electron chi connectivity index (χ1n) is 25.5. The van der Waals surface area contributed by atoms with Gasteiger partial charge in [-0.25, -0.2) is 9.59 Å². The molecule has 11 N–H and O–H groups in total. The van der Waals surface area contributed by atoms with Gasteiger partial charge in [-0.1, -0.05) is 89.9 Å². The number of nitrogens with one attached hydrogen (secondary N) is 5. The van der Waals surface area contributed by atoms with Gasteiger partial charge in [-0.2, -0.15) is 0 Å². The Bertz CT molecular complexity index is 1510. The van der Waals surface area contributed by atoms with E-state index in [-0.39, 0.29) is 129 Å². The van der Waals surface area contributed by atoms with Gasteiger partial charge < -0.3 is 71.7 Å². The molecule has 5 amide bonds. The standard InChI is InChI=1S/C48H86N6O17/c49-37(46(62)63)19-17-18-26-50-40(55)24-23-39(48(66)67)54-44(59)36-71-34-32-69-30-28-52-43(58)35-70-33-31-68-29-27-51-41(56)25-22-38(47(64)65)53-42(57)20-15-13-11-9-7-5-3-1-2-4-6-8-10-12-14-16-21-45(60)61/h37-39H,1-36,49H2,(H,50,55)(H,51,56)(H,52,58)(H,53,57)(H,54,59)(H,60,61)(H,62,63)(H,64,65)(H,66,67)/t37-,38-,39-/m0/s1. The average Bonchev–Trinajstić information content (AvgIpc) is 3.32. The summed E-state index contributed by atoms with van der Waals surface area (Å²) in [4.78, 5) is 105. The second-order valence-corrected chi connectivity index (χ2v) is 17.4. The lowest BCUT2D eigenvalue weighted by Crippen LogP contribution is -2.43. The van der Waals surface area contributed by atoms with E-state index in [1.54, 1.807) is 0 Å². The van der Waals surface area contributed by atoms with Crippen LogP contribution in [0.2, 0.25) is 0 Å². The molecule has 23 nitrogen and oxygen atoms in total. The predicted molar refractivity (Wildman–Crippen MR) is 260 cm³/mol. The summed E-state index contributed by atoms with van der Waals surface area (Å²) in [5.41, 5.74) is 5.42. The summed E-state index contributed by atoms with van der Waals surface area (Å²) in [7, 11) is 0. The zero-order valence-electron chi connectivity index (χ0n) is 41.9. The van der Waals surface area contributed by atoms with Gasteiger partial charge in [0.05, 0.1) is 39.6 Å². The maximum atomic E-state index is 12.4. The number of hydrogen-bond acceptors (Lipinski definition) is 14. The van der Waals surface area contributed by atoms with Gasteiger partial charge >= 0.3 is 23.9 Å². The molecular weight excluding hydrogens is 933 g/mol. The van der Waals surface area contributed by atoms with Crippen LogP contribution in [0.1, 0.15) is 161 Å². The largest absolute Gasteiger partial charge is 0.481 e. The lowest BCUT2D eigenvalue weighted by molar-refractivity contribution is -0.143. The highest BCUT2D eigenvalue weighted by molar-refractivity contribution is 5.85. The number of aliphatic carboxylic acids is 4. The second-order valence-electron chi connectivity index (χ2n) is 17.4. The molecule has 0 saturated carbocycles. The summed E-state index contributed by atoms with van der Waals surface area (Å²) in [6.07, 6.45) is 19.0. The molecule has 0 aromatic rings. The van der Waals surface area contributed by atoms with Crippen molar-refractivity contribution in [2.45, 2.75) is 179 Å². The fraction of sp³-hybridized carbons (Fsp3) is 0.812. The van der Waals surface area contributed by atoms with Crippen LogP contribution >= 0.6 is 0 Å². The van der Waals surface area contributed by atoms with E-state index in [0.717, 1.165) is 38.5 Å². The molecule has 0 aliphatic rings. The molecule has 23 heteroatoms. The number of ether oxygens (including phenoxy) is 4. The van der Waals surface area contributed by atoms with E-state index in [2.05, 4.69) is 26.6 Å². The molecule has 0 heterocycles. The number of amides is 5. The van der Waals surface area contributed by atoms with Gasteiger partial charge in [-0.3, -0.25) is 33.6 Å². The van der Waals surface area contributed by atoms with Crippen molar-refractivity contribution in [2.75, 3.05) is 72.5 Å². The van der Waals surface area contributed by atoms with E-state index < -0.39 is 60.4 Å². The van der Waals surface area contributed by atoms with E-state index in [1.807, 2.05) is 0 Å². The number of hydrogen-bond donors (Lipinski definition) is 10. The number of carbonyl (C=O) groups is 9. The number of rotatable bonds is 51. The Morgan fingerprint density at radius 2 is 0.732 bits per heavy atom. The van der Waals surface area contributed by atoms with Crippen LogP contribution in [0.15, 0.2) is 0 Å². The van der Waals surface area contributed by atoms with Crippen molar-refractivity contribution >= 4 is 53.4 Å². The van der Waals surface area contributed by atoms with Crippen LogP contribution in [0.5, 0.6) is 0 Å². The maximum absolute atomic E-state index is 12.4. The Kier molecular flexibility index (Phi) is 42.9. The molecule has 0 rings (SSSR count). The number of carbonyl (C=O) groups excluding carboxylic acids is 5. The topological polar surface area (TPSA) is 358 Å². The summed E-state index contributed by atoms with van der Waals surface area (Å²) in [6.45, 7) is 0.667. The number of unbranched alkanes of at least 4 members (excludes halogenated alkanes) is 16. The SMILES string of the molecule is N[C@@H](CCCCNC(=O)CC[C@H](NC(=O)COCCOCCNC(=O)COCCOCCNC(=O)CC[C@H](NC(=O)CCCCCCCCCCCCCCCCCCC(=O)O)C(=O)O)C(=O)O)C(=O)O. The minimum absolute atomic E-state index is 0.0183. The third-order valence-electron chi connectivity index (χ3n) is 11.1. The van der Waals surface area contributed by atoms with Gasteiger partial charge in [0.15, 0.2) is 0 Å². The second kappa shape index (κ2) is 46.1.